The zero-order valence-corrected chi connectivity index (χ0v) is 29.7. The molecule has 10 aromatic rings. The largest absolute Gasteiger partial charge is 0.309 e. The van der Waals surface area contributed by atoms with Crippen LogP contribution in [0.1, 0.15) is 0 Å². The molecule has 0 bridgehead atoms. The standard InChI is InChI=1S/C52H36N2/c1-4-19-37(20-5-1)43-28-12-15-32-48(43)53(49-33-16-13-29-44(49)38-21-6-2-7-22-38)42-27-18-24-39(35-42)47-36-40-23-10-11-30-45(40)52-51(47)46-31-14-17-34-50(46)54(52)41-25-8-3-9-26-41/h1-36H. The van der Waals surface area contributed by atoms with Gasteiger partial charge in [-0.3, -0.25) is 0 Å². The first-order chi connectivity index (χ1) is 26.8. The van der Waals surface area contributed by atoms with Crippen LogP contribution >= 0.6 is 0 Å². The number of fused-ring (bicyclic) bond motifs is 5. The summed E-state index contributed by atoms with van der Waals surface area (Å²) in [6, 6.07) is 78.9. The second-order valence-corrected chi connectivity index (χ2v) is 13.7. The first kappa shape index (κ1) is 31.6. The third-order valence-electron chi connectivity index (χ3n) is 10.5. The average Bonchev–Trinajstić information content (AvgIpc) is 3.61. The molecule has 1 aromatic heterocycles. The normalized spacial score (nSPS) is 11.3. The van der Waals surface area contributed by atoms with Gasteiger partial charge in [-0.05, 0) is 76.2 Å². The SMILES string of the molecule is c1ccc(-c2ccccc2N(c2cccc(-c3cc4ccccc4c4c3c3ccccc3n4-c3ccccc3)c2)c2ccccc2-c2ccccc2)cc1. The van der Waals surface area contributed by atoms with Gasteiger partial charge in [-0.25, -0.2) is 0 Å². The van der Waals surface area contributed by atoms with E-state index < -0.39 is 0 Å². The highest BCUT2D eigenvalue weighted by atomic mass is 15.1. The van der Waals surface area contributed by atoms with Gasteiger partial charge in [-0.15, -0.1) is 0 Å². The van der Waals surface area contributed by atoms with Crippen LogP contribution in [0.2, 0.25) is 0 Å². The van der Waals surface area contributed by atoms with Crippen LogP contribution in [-0.4, -0.2) is 4.57 Å². The lowest BCUT2D eigenvalue weighted by Crippen LogP contribution is -2.12. The van der Waals surface area contributed by atoms with Gasteiger partial charge in [0, 0.05) is 38.7 Å². The minimum atomic E-state index is 1.09. The molecular formula is C52H36N2. The van der Waals surface area contributed by atoms with E-state index in [1.165, 1.54) is 66.0 Å². The van der Waals surface area contributed by atoms with Crippen molar-refractivity contribution in [1.29, 1.82) is 0 Å². The first-order valence-corrected chi connectivity index (χ1v) is 18.5. The van der Waals surface area contributed by atoms with Gasteiger partial charge in [0.2, 0.25) is 0 Å². The molecule has 1 heterocycles. The van der Waals surface area contributed by atoms with Gasteiger partial charge in [0.15, 0.2) is 0 Å². The maximum atomic E-state index is 2.44. The fraction of sp³-hybridized carbons (Fsp3) is 0. The Labute approximate surface area is 315 Å². The molecule has 254 valence electrons. The summed E-state index contributed by atoms with van der Waals surface area (Å²) in [5.41, 5.74) is 14.0. The third kappa shape index (κ3) is 5.36. The second kappa shape index (κ2) is 13.4. The number of rotatable bonds is 7. The Kier molecular flexibility index (Phi) is 7.85. The molecule has 0 aliphatic heterocycles. The first-order valence-electron chi connectivity index (χ1n) is 18.5. The summed E-state index contributed by atoms with van der Waals surface area (Å²) < 4.78 is 2.44. The van der Waals surface area contributed by atoms with Gasteiger partial charge < -0.3 is 9.47 Å². The summed E-state index contributed by atoms with van der Waals surface area (Å²) >= 11 is 0. The van der Waals surface area contributed by atoms with Crippen LogP contribution in [-0.2, 0) is 0 Å². The van der Waals surface area contributed by atoms with Gasteiger partial charge in [0.05, 0.1) is 22.4 Å². The molecule has 2 nitrogen and oxygen atoms in total. The number of hydrogen-bond donors (Lipinski definition) is 0. The summed E-state index contributed by atoms with van der Waals surface area (Å²) in [5.74, 6) is 0. The van der Waals surface area contributed by atoms with Crippen molar-refractivity contribution in [3.05, 3.63) is 218 Å². The van der Waals surface area contributed by atoms with Crippen molar-refractivity contribution in [3.63, 3.8) is 0 Å². The van der Waals surface area contributed by atoms with Crippen molar-refractivity contribution in [2.75, 3.05) is 4.90 Å². The summed E-state index contributed by atoms with van der Waals surface area (Å²) in [4.78, 5) is 2.44. The fourth-order valence-corrected chi connectivity index (χ4v) is 8.19. The van der Waals surface area contributed by atoms with E-state index in [0.29, 0.717) is 0 Å². The highest BCUT2D eigenvalue weighted by Crippen LogP contribution is 2.47. The molecule has 0 amide bonds. The van der Waals surface area contributed by atoms with Crippen molar-refractivity contribution in [3.8, 4) is 39.1 Å². The molecule has 0 fully saturated rings. The van der Waals surface area contributed by atoms with E-state index in [-0.39, 0.29) is 0 Å². The van der Waals surface area contributed by atoms with E-state index in [9.17, 15) is 0 Å². The van der Waals surface area contributed by atoms with Gasteiger partial charge in [-0.2, -0.15) is 0 Å². The van der Waals surface area contributed by atoms with Crippen molar-refractivity contribution < 1.29 is 0 Å². The molecule has 0 saturated heterocycles. The topological polar surface area (TPSA) is 8.17 Å². The Balaban J connectivity index is 1.26. The molecule has 0 aliphatic rings. The Morgan fingerprint density at radius 3 is 1.54 bits per heavy atom. The monoisotopic (exact) mass is 688 g/mol. The van der Waals surface area contributed by atoms with Crippen LogP contribution in [0.3, 0.4) is 0 Å². The maximum Gasteiger partial charge on any atom is 0.0625 e. The molecule has 0 spiro atoms. The molecule has 0 saturated carbocycles. The van der Waals surface area contributed by atoms with Crippen molar-refractivity contribution in [2.45, 2.75) is 0 Å². The number of anilines is 3. The van der Waals surface area contributed by atoms with E-state index in [2.05, 4.69) is 228 Å². The summed E-state index contributed by atoms with van der Waals surface area (Å²) in [7, 11) is 0. The van der Waals surface area contributed by atoms with Gasteiger partial charge in [0.1, 0.15) is 0 Å². The predicted molar refractivity (Wildman–Crippen MR) is 229 cm³/mol. The highest BCUT2D eigenvalue weighted by Gasteiger charge is 2.23. The highest BCUT2D eigenvalue weighted by molar-refractivity contribution is 6.24. The van der Waals surface area contributed by atoms with Crippen molar-refractivity contribution in [1.82, 2.24) is 4.57 Å². The Morgan fingerprint density at radius 1 is 0.352 bits per heavy atom. The van der Waals surface area contributed by atoms with E-state index >= 15 is 0 Å². The van der Waals surface area contributed by atoms with Gasteiger partial charge in [-0.1, -0.05) is 170 Å². The average molecular weight is 689 g/mol. The third-order valence-corrected chi connectivity index (χ3v) is 10.5. The summed E-state index contributed by atoms with van der Waals surface area (Å²) in [6.45, 7) is 0. The number of hydrogen-bond acceptors (Lipinski definition) is 1. The molecule has 9 aromatic carbocycles. The molecule has 10 rings (SSSR count). The molecule has 0 unspecified atom stereocenters. The van der Waals surface area contributed by atoms with E-state index in [1.807, 2.05) is 0 Å². The van der Waals surface area contributed by atoms with E-state index in [0.717, 1.165) is 22.7 Å². The van der Waals surface area contributed by atoms with E-state index in [4.69, 9.17) is 0 Å². The lowest BCUT2D eigenvalue weighted by molar-refractivity contribution is 1.19. The molecule has 0 radical (unpaired) electrons. The fourth-order valence-electron chi connectivity index (χ4n) is 8.19. The van der Waals surface area contributed by atoms with Crippen LogP contribution in [0.25, 0.3) is 71.6 Å². The molecule has 0 aliphatic carbocycles. The lowest BCUT2D eigenvalue weighted by Gasteiger charge is -2.30. The van der Waals surface area contributed by atoms with Crippen LogP contribution in [0, 0.1) is 0 Å². The quantitative estimate of drug-likeness (QED) is 0.162. The van der Waals surface area contributed by atoms with Gasteiger partial charge in [0.25, 0.3) is 0 Å². The Hall–Kier alpha value is -7.16. The summed E-state index contributed by atoms with van der Waals surface area (Å²) in [5, 5.41) is 4.95. The Morgan fingerprint density at radius 2 is 0.870 bits per heavy atom. The molecule has 0 atom stereocenters. The second-order valence-electron chi connectivity index (χ2n) is 13.7. The smallest absolute Gasteiger partial charge is 0.0625 e. The van der Waals surface area contributed by atoms with Gasteiger partial charge >= 0.3 is 0 Å². The summed E-state index contributed by atoms with van der Waals surface area (Å²) in [6.07, 6.45) is 0. The maximum absolute atomic E-state index is 2.44. The number of para-hydroxylation sites is 4. The zero-order valence-electron chi connectivity index (χ0n) is 29.7. The number of aromatic nitrogens is 1. The molecule has 2 heteroatoms. The van der Waals surface area contributed by atoms with Crippen LogP contribution in [0.15, 0.2) is 218 Å². The Bertz CT molecular complexity index is 2840. The minimum absolute atomic E-state index is 1.09. The van der Waals surface area contributed by atoms with Crippen LogP contribution < -0.4 is 4.90 Å². The predicted octanol–water partition coefficient (Wildman–Crippen LogP) is 14.4. The number of benzene rings is 9. The lowest BCUT2D eigenvalue weighted by atomic mass is 9.94. The zero-order chi connectivity index (χ0) is 35.8. The molecular weight excluding hydrogens is 653 g/mol. The molecule has 0 N–H and O–H groups in total. The van der Waals surface area contributed by atoms with Crippen molar-refractivity contribution >= 4 is 49.6 Å². The van der Waals surface area contributed by atoms with Crippen LogP contribution in [0.5, 0.6) is 0 Å². The van der Waals surface area contributed by atoms with Crippen LogP contribution in [0.4, 0.5) is 17.1 Å². The van der Waals surface area contributed by atoms with E-state index in [1.54, 1.807) is 0 Å². The molecule has 54 heavy (non-hydrogen) atoms. The number of nitrogens with zero attached hydrogens (tertiary/aromatic N) is 2. The van der Waals surface area contributed by atoms with Crippen molar-refractivity contribution in [2.24, 2.45) is 0 Å². The minimum Gasteiger partial charge on any atom is -0.309 e.